The lowest BCUT2D eigenvalue weighted by molar-refractivity contribution is -0.137. The Hall–Kier alpha value is -3.37. The number of furan rings is 1. The summed E-state index contributed by atoms with van der Waals surface area (Å²) in [4.78, 5) is 15.1. The van der Waals surface area contributed by atoms with Gasteiger partial charge in [0, 0.05) is 10.6 Å². The molecule has 33 heavy (non-hydrogen) atoms. The Balaban J connectivity index is 1.71. The number of rotatable bonds is 6. The van der Waals surface area contributed by atoms with Crippen molar-refractivity contribution in [3.63, 3.8) is 0 Å². The first-order chi connectivity index (χ1) is 15.7. The van der Waals surface area contributed by atoms with E-state index in [9.17, 15) is 26.4 Å². The topological polar surface area (TPSA) is 67.6 Å². The number of nitrogens with zero attached hydrogens (tertiary/aromatic N) is 1. The van der Waals surface area contributed by atoms with Gasteiger partial charge >= 0.3 is 6.18 Å². The first-order valence-corrected chi connectivity index (χ1v) is 11.9. The molecule has 0 spiro atoms. The Morgan fingerprint density at radius 3 is 2.36 bits per heavy atom. The Labute approximate surface area is 191 Å². The summed E-state index contributed by atoms with van der Waals surface area (Å²) in [6.45, 7) is -0.0146. The van der Waals surface area contributed by atoms with Gasteiger partial charge in [-0.05, 0) is 53.9 Å². The average Bonchev–Trinajstić information content (AvgIpc) is 3.50. The number of amides is 1. The van der Waals surface area contributed by atoms with E-state index >= 15 is 0 Å². The summed E-state index contributed by atoms with van der Waals surface area (Å²) in [5.74, 6) is -1.07. The highest BCUT2D eigenvalue weighted by Gasteiger charge is 2.32. The molecule has 0 aliphatic rings. The van der Waals surface area contributed by atoms with Crippen molar-refractivity contribution in [1.29, 1.82) is 0 Å². The molecule has 0 radical (unpaired) electrons. The molecule has 0 saturated carbocycles. The first kappa shape index (κ1) is 22.8. The Bertz CT molecular complexity index is 1360. The summed E-state index contributed by atoms with van der Waals surface area (Å²) in [5, 5.41) is 1.35. The van der Waals surface area contributed by atoms with Crippen LogP contribution in [0.15, 0.2) is 98.6 Å². The zero-order chi connectivity index (χ0) is 23.6. The van der Waals surface area contributed by atoms with Crippen molar-refractivity contribution in [3.05, 3.63) is 100 Å². The third kappa shape index (κ3) is 4.86. The number of alkyl halides is 3. The highest BCUT2D eigenvalue weighted by molar-refractivity contribution is 7.91. The highest BCUT2D eigenvalue weighted by Crippen LogP contribution is 2.33. The second-order valence-corrected chi connectivity index (χ2v) is 9.87. The number of halogens is 3. The fourth-order valence-corrected chi connectivity index (χ4v) is 5.00. The molecule has 0 N–H and O–H groups in total. The molecular weight excluding hydrogens is 475 g/mol. The lowest BCUT2D eigenvalue weighted by Crippen LogP contribution is -2.30. The predicted octanol–water partition coefficient (Wildman–Crippen LogP) is 6.04. The van der Waals surface area contributed by atoms with Gasteiger partial charge in [-0.1, -0.05) is 30.3 Å². The summed E-state index contributed by atoms with van der Waals surface area (Å²) in [7, 11) is -4.00. The van der Waals surface area contributed by atoms with E-state index < -0.39 is 32.6 Å². The molecule has 0 aliphatic heterocycles. The Morgan fingerprint density at radius 2 is 1.70 bits per heavy atom. The van der Waals surface area contributed by atoms with Crippen molar-refractivity contribution >= 4 is 32.8 Å². The molecule has 0 fully saturated rings. The molecule has 2 aromatic heterocycles. The lowest BCUT2D eigenvalue weighted by atomic mass is 10.1. The number of carbonyl (C=O) groups excluding carboxylic acids is 1. The molecule has 0 bridgehead atoms. The van der Waals surface area contributed by atoms with Crippen molar-refractivity contribution in [3.8, 4) is 0 Å². The zero-order valence-corrected chi connectivity index (χ0v) is 18.5. The number of sulfone groups is 1. The molecule has 5 nitrogen and oxygen atoms in total. The maximum absolute atomic E-state index is 13.3. The molecular formula is C23H16F3NO4S2. The summed E-state index contributed by atoms with van der Waals surface area (Å²) in [6.07, 6.45) is -4.59. The van der Waals surface area contributed by atoms with Gasteiger partial charge in [0.05, 0.1) is 17.0 Å². The minimum absolute atomic E-state index is 0.00657. The molecule has 170 valence electrons. The van der Waals surface area contributed by atoms with Crippen LogP contribution in [0.1, 0.15) is 21.0 Å². The molecule has 10 heteroatoms. The minimum atomic E-state index is -4.59. The SMILES string of the molecule is O=C(c1ccc(S(=O)(=O)c2ccccc2)o1)N(Cc1cccs1)c1cccc(C(F)(F)F)c1. The van der Waals surface area contributed by atoms with E-state index in [-0.39, 0.29) is 22.9 Å². The zero-order valence-electron chi connectivity index (χ0n) is 16.8. The van der Waals surface area contributed by atoms with Gasteiger partial charge in [0.15, 0.2) is 5.76 Å². The second-order valence-electron chi connectivity index (χ2n) is 6.95. The van der Waals surface area contributed by atoms with Gasteiger partial charge < -0.3 is 9.32 Å². The van der Waals surface area contributed by atoms with E-state index in [1.807, 2.05) is 0 Å². The van der Waals surface area contributed by atoms with Gasteiger partial charge in [-0.3, -0.25) is 4.79 Å². The Morgan fingerprint density at radius 1 is 0.939 bits per heavy atom. The maximum Gasteiger partial charge on any atom is 0.416 e. The number of hydrogen-bond donors (Lipinski definition) is 0. The van der Waals surface area contributed by atoms with Crippen LogP contribution in [0.2, 0.25) is 0 Å². The van der Waals surface area contributed by atoms with E-state index in [0.717, 1.165) is 28.0 Å². The van der Waals surface area contributed by atoms with Crippen LogP contribution in [0, 0.1) is 0 Å². The monoisotopic (exact) mass is 491 g/mol. The summed E-state index contributed by atoms with van der Waals surface area (Å²) < 4.78 is 70.7. The summed E-state index contributed by atoms with van der Waals surface area (Å²) in [6, 6.07) is 17.8. The molecule has 4 aromatic rings. The fourth-order valence-electron chi connectivity index (χ4n) is 3.12. The van der Waals surface area contributed by atoms with Gasteiger partial charge in [0.1, 0.15) is 0 Å². The van der Waals surface area contributed by atoms with E-state index in [2.05, 4.69) is 0 Å². The Kier molecular flexibility index (Phi) is 6.13. The van der Waals surface area contributed by atoms with Crippen LogP contribution < -0.4 is 4.90 Å². The van der Waals surface area contributed by atoms with E-state index in [4.69, 9.17) is 4.42 Å². The third-order valence-electron chi connectivity index (χ3n) is 4.73. The maximum atomic E-state index is 13.3. The normalized spacial score (nSPS) is 12.0. The predicted molar refractivity (Wildman–Crippen MR) is 117 cm³/mol. The van der Waals surface area contributed by atoms with Crippen LogP contribution in [0.3, 0.4) is 0 Å². The van der Waals surface area contributed by atoms with Crippen LogP contribution in [0.4, 0.5) is 18.9 Å². The van der Waals surface area contributed by atoms with Crippen LogP contribution >= 0.6 is 11.3 Å². The number of thiophene rings is 1. The molecule has 0 saturated heterocycles. The van der Waals surface area contributed by atoms with Crippen molar-refractivity contribution in [2.24, 2.45) is 0 Å². The fraction of sp³-hybridized carbons (Fsp3) is 0.0870. The van der Waals surface area contributed by atoms with Crippen molar-refractivity contribution < 1.29 is 30.8 Å². The number of hydrogen-bond acceptors (Lipinski definition) is 5. The van der Waals surface area contributed by atoms with Crippen molar-refractivity contribution in [1.82, 2.24) is 0 Å². The van der Waals surface area contributed by atoms with Gasteiger partial charge in [-0.15, -0.1) is 11.3 Å². The molecule has 2 aromatic carbocycles. The van der Waals surface area contributed by atoms with Crippen LogP contribution in [0.5, 0.6) is 0 Å². The number of anilines is 1. The largest absolute Gasteiger partial charge is 0.439 e. The van der Waals surface area contributed by atoms with E-state index in [1.165, 1.54) is 41.7 Å². The van der Waals surface area contributed by atoms with Gasteiger partial charge in [0.25, 0.3) is 5.91 Å². The smallest absolute Gasteiger partial charge is 0.416 e. The molecule has 0 aliphatic carbocycles. The van der Waals surface area contributed by atoms with Crippen LogP contribution in [-0.4, -0.2) is 14.3 Å². The number of carbonyl (C=O) groups is 1. The molecule has 0 unspecified atom stereocenters. The molecule has 1 amide bonds. The quantitative estimate of drug-likeness (QED) is 0.330. The van der Waals surface area contributed by atoms with E-state index in [1.54, 1.807) is 35.7 Å². The van der Waals surface area contributed by atoms with Crippen LogP contribution in [0.25, 0.3) is 0 Å². The summed E-state index contributed by atoms with van der Waals surface area (Å²) >= 11 is 1.33. The van der Waals surface area contributed by atoms with Gasteiger partial charge in [0.2, 0.25) is 14.9 Å². The molecule has 4 rings (SSSR count). The number of benzene rings is 2. The lowest BCUT2D eigenvalue weighted by Gasteiger charge is -2.22. The molecule has 0 atom stereocenters. The standard InChI is InChI=1S/C23H16F3NO4S2/c24-23(25,26)16-6-4-7-17(14-16)27(15-18-8-5-13-32-18)22(28)20-11-12-21(31-20)33(29,30)19-9-2-1-3-10-19/h1-14H,15H2. The summed E-state index contributed by atoms with van der Waals surface area (Å²) in [5.41, 5.74) is -0.900. The van der Waals surface area contributed by atoms with Crippen molar-refractivity contribution in [2.75, 3.05) is 4.90 Å². The molecule has 2 heterocycles. The van der Waals surface area contributed by atoms with Gasteiger partial charge in [-0.25, -0.2) is 8.42 Å². The van der Waals surface area contributed by atoms with Crippen molar-refractivity contribution in [2.45, 2.75) is 22.7 Å². The van der Waals surface area contributed by atoms with E-state index in [0.29, 0.717) is 0 Å². The third-order valence-corrected chi connectivity index (χ3v) is 7.24. The minimum Gasteiger partial charge on any atom is -0.439 e. The average molecular weight is 492 g/mol. The van der Waals surface area contributed by atoms with Gasteiger partial charge in [-0.2, -0.15) is 13.2 Å². The van der Waals surface area contributed by atoms with Crippen LogP contribution in [-0.2, 0) is 22.6 Å². The highest BCUT2D eigenvalue weighted by atomic mass is 32.2. The second kappa shape index (κ2) is 8.87. The first-order valence-electron chi connectivity index (χ1n) is 9.58.